The maximum atomic E-state index is 6.13. The molecule has 4 nitrogen and oxygen atoms in total. The van der Waals surface area contributed by atoms with Crippen LogP contribution in [-0.2, 0) is 0 Å². The minimum Gasteiger partial charge on any atom is -0.456 e. The number of nitrogens with zero attached hydrogens (tertiary/aromatic N) is 3. The van der Waals surface area contributed by atoms with Gasteiger partial charge in [-0.15, -0.1) is 0 Å². The minimum absolute atomic E-state index is 0.111. The average Bonchev–Trinajstić information content (AvgIpc) is 3.24. The van der Waals surface area contributed by atoms with Crippen LogP contribution in [0.4, 0.5) is 0 Å². The Morgan fingerprint density at radius 2 is 1.52 bits per heavy atom. The van der Waals surface area contributed by atoms with Gasteiger partial charge in [-0.2, -0.15) is 0 Å². The fourth-order valence-corrected chi connectivity index (χ4v) is 4.50. The van der Waals surface area contributed by atoms with E-state index in [1.54, 1.807) is 0 Å². The Balaban J connectivity index is 1.55. The normalized spacial score (nSPS) is 17.8. The summed E-state index contributed by atoms with van der Waals surface area (Å²) < 4.78 is 6.13. The van der Waals surface area contributed by atoms with Gasteiger partial charge in [0.2, 0.25) is 0 Å². The van der Waals surface area contributed by atoms with Crippen molar-refractivity contribution in [1.29, 1.82) is 0 Å². The first-order valence-corrected chi connectivity index (χ1v) is 11.3. The molecule has 4 heteroatoms. The van der Waals surface area contributed by atoms with Crippen molar-refractivity contribution in [3.63, 3.8) is 0 Å². The van der Waals surface area contributed by atoms with Gasteiger partial charge in [-0.05, 0) is 36.6 Å². The summed E-state index contributed by atoms with van der Waals surface area (Å²) in [7, 11) is 0. The largest absolute Gasteiger partial charge is 0.456 e. The summed E-state index contributed by atoms with van der Waals surface area (Å²) in [4.78, 5) is 14.7. The molecule has 2 aromatic heterocycles. The highest BCUT2D eigenvalue weighted by molar-refractivity contribution is 6.07. The molecule has 0 saturated carbocycles. The van der Waals surface area contributed by atoms with E-state index in [0.29, 0.717) is 17.6 Å². The van der Waals surface area contributed by atoms with Crippen LogP contribution < -0.4 is 0 Å². The van der Waals surface area contributed by atoms with Crippen molar-refractivity contribution in [2.75, 3.05) is 0 Å². The Kier molecular flexibility index (Phi) is 4.65. The SMILES string of the molecule is Cc1cccc2c1oc1ccc(-c3nc(-c4ccccc4)nc(C4C=CC=CC4C)n3)cc12. The van der Waals surface area contributed by atoms with Gasteiger partial charge in [-0.3, -0.25) is 0 Å². The standard InChI is InChI=1S/C29H23N3O/c1-18-9-6-7-13-22(18)29-31-27(20-11-4-3-5-12-20)30-28(32-29)21-15-16-25-24(17-21)23-14-8-10-19(2)26(23)33-25/h3-18,22H,1-2H3. The number of aromatic nitrogens is 3. The molecule has 2 unspecified atom stereocenters. The number of hydrogen-bond acceptors (Lipinski definition) is 4. The fraction of sp³-hybridized carbons (Fsp3) is 0.138. The molecule has 160 valence electrons. The van der Waals surface area contributed by atoms with E-state index in [9.17, 15) is 0 Å². The number of aryl methyl sites for hydroxylation is 1. The van der Waals surface area contributed by atoms with Crippen LogP contribution in [0.15, 0.2) is 95.5 Å². The van der Waals surface area contributed by atoms with E-state index in [0.717, 1.165) is 44.5 Å². The van der Waals surface area contributed by atoms with Crippen LogP contribution in [0.25, 0.3) is 44.7 Å². The van der Waals surface area contributed by atoms with E-state index in [1.807, 2.05) is 42.5 Å². The number of para-hydroxylation sites is 1. The zero-order chi connectivity index (χ0) is 22.4. The Hall–Kier alpha value is -4.05. The molecule has 0 fully saturated rings. The van der Waals surface area contributed by atoms with Crippen LogP contribution in [0.3, 0.4) is 0 Å². The third kappa shape index (κ3) is 3.44. The first-order chi connectivity index (χ1) is 16.2. The van der Waals surface area contributed by atoms with Gasteiger partial charge in [-0.25, -0.2) is 15.0 Å². The van der Waals surface area contributed by atoms with Crippen LogP contribution in [0.5, 0.6) is 0 Å². The molecule has 0 bridgehead atoms. The minimum atomic E-state index is 0.111. The molecule has 0 spiro atoms. The Labute approximate surface area is 192 Å². The number of allylic oxidation sites excluding steroid dienone is 4. The van der Waals surface area contributed by atoms with Crippen molar-refractivity contribution in [2.24, 2.45) is 5.92 Å². The lowest BCUT2D eigenvalue weighted by Crippen LogP contribution is -2.13. The summed E-state index contributed by atoms with van der Waals surface area (Å²) >= 11 is 0. The average molecular weight is 430 g/mol. The van der Waals surface area contributed by atoms with Crippen molar-refractivity contribution in [2.45, 2.75) is 19.8 Å². The second-order valence-electron chi connectivity index (χ2n) is 8.63. The predicted molar refractivity (Wildman–Crippen MR) is 133 cm³/mol. The van der Waals surface area contributed by atoms with Crippen LogP contribution >= 0.6 is 0 Å². The van der Waals surface area contributed by atoms with E-state index in [4.69, 9.17) is 19.4 Å². The highest BCUT2D eigenvalue weighted by atomic mass is 16.3. The van der Waals surface area contributed by atoms with Crippen molar-refractivity contribution >= 4 is 21.9 Å². The van der Waals surface area contributed by atoms with Gasteiger partial charge in [0.15, 0.2) is 11.6 Å². The molecule has 0 radical (unpaired) electrons. The van der Waals surface area contributed by atoms with E-state index < -0.39 is 0 Å². The molecule has 0 amide bonds. The van der Waals surface area contributed by atoms with Crippen molar-refractivity contribution in [3.8, 4) is 22.8 Å². The summed E-state index contributed by atoms with van der Waals surface area (Å²) in [6, 6.07) is 22.5. The summed E-state index contributed by atoms with van der Waals surface area (Å²) in [5.74, 6) is 2.59. The summed E-state index contributed by atoms with van der Waals surface area (Å²) in [5, 5.41) is 2.18. The molecule has 1 aliphatic carbocycles. The maximum absolute atomic E-state index is 6.13. The molecule has 0 aliphatic heterocycles. The second kappa shape index (κ2) is 7.82. The van der Waals surface area contributed by atoms with Crippen LogP contribution in [0.2, 0.25) is 0 Å². The molecule has 0 N–H and O–H groups in total. The summed E-state index contributed by atoms with van der Waals surface area (Å²) in [6.07, 6.45) is 8.53. The number of hydrogen-bond donors (Lipinski definition) is 0. The van der Waals surface area contributed by atoms with Crippen molar-refractivity contribution in [1.82, 2.24) is 15.0 Å². The zero-order valence-electron chi connectivity index (χ0n) is 18.6. The smallest absolute Gasteiger partial charge is 0.163 e. The second-order valence-corrected chi connectivity index (χ2v) is 8.63. The van der Waals surface area contributed by atoms with Gasteiger partial charge in [0.1, 0.15) is 17.0 Å². The van der Waals surface area contributed by atoms with Gasteiger partial charge in [-0.1, -0.05) is 79.8 Å². The van der Waals surface area contributed by atoms with E-state index >= 15 is 0 Å². The van der Waals surface area contributed by atoms with Crippen molar-refractivity contribution < 1.29 is 4.42 Å². The van der Waals surface area contributed by atoms with Crippen LogP contribution in [-0.4, -0.2) is 15.0 Å². The molecule has 1 aliphatic rings. The third-order valence-electron chi connectivity index (χ3n) is 6.35. The lowest BCUT2D eigenvalue weighted by Gasteiger charge is -2.20. The van der Waals surface area contributed by atoms with Gasteiger partial charge < -0.3 is 4.42 Å². The first kappa shape index (κ1) is 19.6. The summed E-state index contributed by atoms with van der Waals surface area (Å²) in [5.41, 5.74) is 4.87. The molecule has 2 atom stereocenters. The first-order valence-electron chi connectivity index (χ1n) is 11.3. The van der Waals surface area contributed by atoms with Crippen LogP contribution in [0, 0.1) is 12.8 Å². The number of furan rings is 1. The van der Waals surface area contributed by atoms with Crippen LogP contribution in [0.1, 0.15) is 24.2 Å². The van der Waals surface area contributed by atoms with Gasteiger partial charge >= 0.3 is 0 Å². The molecule has 3 aromatic carbocycles. The zero-order valence-corrected chi connectivity index (χ0v) is 18.6. The number of benzene rings is 3. The Morgan fingerprint density at radius 1 is 0.727 bits per heavy atom. The number of rotatable bonds is 3. The van der Waals surface area contributed by atoms with Gasteiger partial charge in [0.05, 0.1) is 0 Å². The predicted octanol–water partition coefficient (Wildman–Crippen LogP) is 7.26. The van der Waals surface area contributed by atoms with E-state index in [1.165, 1.54) is 0 Å². The number of fused-ring (bicyclic) bond motifs is 3. The lowest BCUT2D eigenvalue weighted by molar-refractivity contribution is 0.600. The molecule has 33 heavy (non-hydrogen) atoms. The molecule has 0 saturated heterocycles. The molecule has 6 rings (SSSR count). The Bertz CT molecular complexity index is 1550. The lowest BCUT2D eigenvalue weighted by atomic mass is 9.89. The van der Waals surface area contributed by atoms with E-state index in [2.05, 4.69) is 62.4 Å². The molecular formula is C29H23N3O. The van der Waals surface area contributed by atoms with E-state index in [-0.39, 0.29) is 5.92 Å². The highest BCUT2D eigenvalue weighted by Gasteiger charge is 2.22. The van der Waals surface area contributed by atoms with Crippen molar-refractivity contribution in [3.05, 3.63) is 102 Å². The summed E-state index contributed by atoms with van der Waals surface area (Å²) in [6.45, 7) is 4.27. The van der Waals surface area contributed by atoms with Gasteiger partial charge in [0.25, 0.3) is 0 Å². The maximum Gasteiger partial charge on any atom is 0.163 e. The monoisotopic (exact) mass is 429 g/mol. The Morgan fingerprint density at radius 3 is 2.33 bits per heavy atom. The highest BCUT2D eigenvalue weighted by Crippen LogP contribution is 2.34. The molecule has 2 heterocycles. The van der Waals surface area contributed by atoms with Gasteiger partial charge in [0, 0.05) is 27.8 Å². The molecular weight excluding hydrogens is 406 g/mol. The topological polar surface area (TPSA) is 51.8 Å². The molecule has 5 aromatic rings. The third-order valence-corrected chi connectivity index (χ3v) is 6.35. The fourth-order valence-electron chi connectivity index (χ4n) is 4.50. The quantitative estimate of drug-likeness (QED) is 0.303.